The quantitative estimate of drug-likeness (QED) is 0.668. The monoisotopic (exact) mass is 259 g/mol. The maximum Gasteiger partial charge on any atom is 0.271 e. The predicted octanol–water partition coefficient (Wildman–Crippen LogP) is -0.0870. The normalized spacial score (nSPS) is 10.2. The zero-order valence-electron chi connectivity index (χ0n) is 10.3. The molecule has 2 aromatic rings. The number of anilines is 1. The third kappa shape index (κ3) is 2.39. The Morgan fingerprint density at radius 3 is 2.68 bits per heavy atom. The van der Waals surface area contributed by atoms with E-state index in [0.717, 1.165) is 0 Å². The molecule has 2 amide bonds. The van der Waals surface area contributed by atoms with Crippen molar-refractivity contribution in [1.29, 1.82) is 0 Å². The van der Waals surface area contributed by atoms with Crippen LogP contribution in [-0.4, -0.2) is 28.6 Å². The molecule has 5 N–H and O–H groups in total. The summed E-state index contributed by atoms with van der Waals surface area (Å²) in [6.07, 6.45) is 1.61. The standard InChI is InChI=1S/C12H13N5O2/c1-15-12(19)10-4-5-17(16-10)7-2-3-9(13)8(6-7)11(14)18/h2-6H,13H2,1H3,(H2,14,18)(H,15,19). The molecule has 1 aromatic carbocycles. The molecule has 7 nitrogen and oxygen atoms in total. The molecule has 0 spiro atoms. The number of carbonyl (C=O) groups excluding carboxylic acids is 2. The molecule has 0 aliphatic rings. The number of carbonyl (C=O) groups is 2. The van der Waals surface area contributed by atoms with Gasteiger partial charge < -0.3 is 16.8 Å². The van der Waals surface area contributed by atoms with Crippen LogP contribution in [0.15, 0.2) is 30.5 Å². The zero-order chi connectivity index (χ0) is 14.0. The second-order valence-corrected chi connectivity index (χ2v) is 3.86. The van der Waals surface area contributed by atoms with Crippen molar-refractivity contribution < 1.29 is 9.59 Å². The molecule has 0 aliphatic heterocycles. The molecule has 0 saturated carbocycles. The largest absolute Gasteiger partial charge is 0.398 e. The number of primary amides is 1. The Balaban J connectivity index is 2.42. The first-order valence-corrected chi connectivity index (χ1v) is 5.50. The molecule has 19 heavy (non-hydrogen) atoms. The van der Waals surface area contributed by atoms with Crippen LogP contribution in [-0.2, 0) is 0 Å². The molecule has 0 fully saturated rings. The van der Waals surface area contributed by atoms with Gasteiger partial charge in [-0.1, -0.05) is 0 Å². The van der Waals surface area contributed by atoms with Gasteiger partial charge in [-0.2, -0.15) is 5.10 Å². The maximum absolute atomic E-state index is 11.4. The van der Waals surface area contributed by atoms with Crippen LogP contribution in [0.2, 0.25) is 0 Å². The predicted molar refractivity (Wildman–Crippen MR) is 69.9 cm³/mol. The third-order valence-corrected chi connectivity index (χ3v) is 2.62. The van der Waals surface area contributed by atoms with Crippen LogP contribution in [0.3, 0.4) is 0 Å². The number of benzene rings is 1. The number of amides is 2. The van der Waals surface area contributed by atoms with Gasteiger partial charge in [0.1, 0.15) is 0 Å². The third-order valence-electron chi connectivity index (χ3n) is 2.62. The number of rotatable bonds is 3. The number of nitrogens with one attached hydrogen (secondary N) is 1. The summed E-state index contributed by atoms with van der Waals surface area (Å²) in [7, 11) is 1.52. The van der Waals surface area contributed by atoms with Gasteiger partial charge in [-0.05, 0) is 24.3 Å². The summed E-state index contributed by atoms with van der Waals surface area (Å²) in [6.45, 7) is 0. The molecule has 0 saturated heterocycles. The molecule has 0 aliphatic carbocycles. The zero-order valence-corrected chi connectivity index (χ0v) is 10.3. The Hall–Kier alpha value is -2.83. The second-order valence-electron chi connectivity index (χ2n) is 3.86. The first-order chi connectivity index (χ1) is 9.02. The van der Waals surface area contributed by atoms with E-state index in [9.17, 15) is 9.59 Å². The van der Waals surface area contributed by atoms with Crippen molar-refractivity contribution in [2.45, 2.75) is 0 Å². The van der Waals surface area contributed by atoms with E-state index in [1.165, 1.54) is 17.8 Å². The van der Waals surface area contributed by atoms with Crippen LogP contribution in [0.25, 0.3) is 5.69 Å². The van der Waals surface area contributed by atoms with E-state index in [-0.39, 0.29) is 17.2 Å². The van der Waals surface area contributed by atoms with Gasteiger partial charge in [0, 0.05) is 18.9 Å². The second kappa shape index (κ2) is 4.81. The van der Waals surface area contributed by atoms with Crippen LogP contribution in [0.4, 0.5) is 5.69 Å². The van der Waals surface area contributed by atoms with Crippen LogP contribution in [0.1, 0.15) is 20.8 Å². The fourth-order valence-corrected chi connectivity index (χ4v) is 1.62. The lowest BCUT2D eigenvalue weighted by atomic mass is 10.1. The molecular weight excluding hydrogens is 246 g/mol. The Kier molecular flexibility index (Phi) is 3.19. The van der Waals surface area contributed by atoms with Crippen molar-refractivity contribution in [2.24, 2.45) is 5.73 Å². The highest BCUT2D eigenvalue weighted by Crippen LogP contribution is 2.16. The lowest BCUT2D eigenvalue weighted by molar-refractivity contribution is 0.0956. The maximum atomic E-state index is 11.4. The van der Waals surface area contributed by atoms with Crippen molar-refractivity contribution in [3.63, 3.8) is 0 Å². The Morgan fingerprint density at radius 1 is 1.32 bits per heavy atom. The van der Waals surface area contributed by atoms with Crippen molar-refractivity contribution in [1.82, 2.24) is 15.1 Å². The molecule has 1 heterocycles. The van der Waals surface area contributed by atoms with E-state index in [2.05, 4.69) is 10.4 Å². The average Bonchev–Trinajstić information content (AvgIpc) is 2.87. The van der Waals surface area contributed by atoms with E-state index < -0.39 is 5.91 Å². The van der Waals surface area contributed by atoms with Gasteiger partial charge in [-0.25, -0.2) is 4.68 Å². The minimum Gasteiger partial charge on any atom is -0.398 e. The Labute approximate surface area is 109 Å². The van der Waals surface area contributed by atoms with Crippen molar-refractivity contribution >= 4 is 17.5 Å². The Bertz CT molecular complexity index is 647. The molecule has 0 unspecified atom stereocenters. The van der Waals surface area contributed by atoms with Gasteiger partial charge in [0.2, 0.25) is 0 Å². The number of hydrogen-bond acceptors (Lipinski definition) is 4. The highest BCUT2D eigenvalue weighted by atomic mass is 16.2. The first-order valence-electron chi connectivity index (χ1n) is 5.50. The molecule has 2 rings (SSSR count). The lowest BCUT2D eigenvalue weighted by Crippen LogP contribution is -2.18. The van der Waals surface area contributed by atoms with Gasteiger partial charge in [0.15, 0.2) is 5.69 Å². The summed E-state index contributed by atoms with van der Waals surface area (Å²) in [6, 6.07) is 6.34. The highest BCUT2D eigenvalue weighted by Gasteiger charge is 2.11. The van der Waals surface area contributed by atoms with Gasteiger partial charge in [0.05, 0.1) is 11.3 Å². The van der Waals surface area contributed by atoms with Gasteiger partial charge in [-0.15, -0.1) is 0 Å². The van der Waals surface area contributed by atoms with E-state index in [0.29, 0.717) is 11.4 Å². The van der Waals surface area contributed by atoms with Crippen LogP contribution in [0.5, 0.6) is 0 Å². The summed E-state index contributed by atoms with van der Waals surface area (Å²) >= 11 is 0. The van der Waals surface area contributed by atoms with Crippen molar-refractivity contribution in [3.05, 3.63) is 41.7 Å². The van der Waals surface area contributed by atoms with E-state index in [1.54, 1.807) is 24.4 Å². The van der Waals surface area contributed by atoms with E-state index in [4.69, 9.17) is 11.5 Å². The van der Waals surface area contributed by atoms with Gasteiger partial charge >= 0.3 is 0 Å². The molecular formula is C12H13N5O2. The molecule has 7 heteroatoms. The smallest absolute Gasteiger partial charge is 0.271 e. The molecule has 98 valence electrons. The number of nitrogen functional groups attached to an aromatic ring is 1. The summed E-state index contributed by atoms with van der Waals surface area (Å²) < 4.78 is 1.47. The number of nitrogens with two attached hydrogens (primary N) is 2. The van der Waals surface area contributed by atoms with Gasteiger partial charge in [-0.3, -0.25) is 9.59 Å². The summed E-state index contributed by atoms with van der Waals surface area (Å²) in [5.41, 5.74) is 12.3. The first kappa shape index (κ1) is 12.6. The Morgan fingerprint density at radius 2 is 2.05 bits per heavy atom. The fraction of sp³-hybridized carbons (Fsp3) is 0.0833. The SMILES string of the molecule is CNC(=O)c1ccn(-c2ccc(N)c(C(N)=O)c2)n1. The molecule has 0 bridgehead atoms. The van der Waals surface area contributed by atoms with Crippen LogP contribution >= 0.6 is 0 Å². The van der Waals surface area contributed by atoms with E-state index in [1.807, 2.05) is 0 Å². The van der Waals surface area contributed by atoms with Crippen LogP contribution < -0.4 is 16.8 Å². The number of hydrogen-bond donors (Lipinski definition) is 3. The van der Waals surface area contributed by atoms with Crippen LogP contribution in [0, 0.1) is 0 Å². The van der Waals surface area contributed by atoms with E-state index >= 15 is 0 Å². The molecule has 0 radical (unpaired) electrons. The van der Waals surface area contributed by atoms with Crippen molar-refractivity contribution in [3.8, 4) is 5.69 Å². The van der Waals surface area contributed by atoms with Crippen molar-refractivity contribution in [2.75, 3.05) is 12.8 Å². The summed E-state index contributed by atoms with van der Waals surface area (Å²) in [5.74, 6) is -0.901. The lowest BCUT2D eigenvalue weighted by Gasteiger charge is -2.06. The fourth-order valence-electron chi connectivity index (χ4n) is 1.62. The summed E-state index contributed by atoms with van der Waals surface area (Å²) in [5, 5.41) is 6.57. The summed E-state index contributed by atoms with van der Waals surface area (Å²) in [4.78, 5) is 22.6. The minimum absolute atomic E-state index is 0.217. The minimum atomic E-state index is -0.613. The number of aromatic nitrogens is 2. The topological polar surface area (TPSA) is 116 Å². The molecule has 1 aromatic heterocycles. The number of nitrogens with zero attached hydrogens (tertiary/aromatic N) is 2. The van der Waals surface area contributed by atoms with Gasteiger partial charge in [0.25, 0.3) is 11.8 Å². The average molecular weight is 259 g/mol. The molecule has 0 atom stereocenters. The highest BCUT2D eigenvalue weighted by molar-refractivity contribution is 5.98.